The molecular formula is C48H31N3. The van der Waals surface area contributed by atoms with Crippen molar-refractivity contribution in [2.45, 2.75) is 5.41 Å². The normalized spacial score (nSPS) is 13.2. The van der Waals surface area contributed by atoms with Crippen LogP contribution in [0.5, 0.6) is 0 Å². The minimum atomic E-state index is -0.455. The van der Waals surface area contributed by atoms with Crippen molar-refractivity contribution in [3.63, 3.8) is 0 Å². The molecule has 51 heavy (non-hydrogen) atoms. The van der Waals surface area contributed by atoms with Crippen molar-refractivity contribution >= 4 is 12.2 Å². The van der Waals surface area contributed by atoms with Gasteiger partial charge in [-0.05, 0) is 73.8 Å². The second-order valence-corrected chi connectivity index (χ2v) is 13.2. The van der Waals surface area contributed by atoms with E-state index >= 15 is 0 Å². The van der Waals surface area contributed by atoms with E-state index in [2.05, 4.69) is 157 Å². The fourth-order valence-corrected chi connectivity index (χ4v) is 8.14. The Morgan fingerprint density at radius 2 is 0.941 bits per heavy atom. The summed E-state index contributed by atoms with van der Waals surface area (Å²) in [5.41, 5.74) is 16.8. The molecule has 3 heteroatoms. The molecule has 0 unspecified atom stereocenters. The molecule has 0 aliphatic heterocycles. The molecule has 0 saturated heterocycles. The molecule has 0 atom stereocenters. The van der Waals surface area contributed by atoms with Gasteiger partial charge in [0.05, 0.1) is 16.8 Å². The first-order valence-corrected chi connectivity index (χ1v) is 17.3. The van der Waals surface area contributed by atoms with Crippen molar-refractivity contribution in [3.8, 4) is 56.2 Å². The van der Waals surface area contributed by atoms with Crippen molar-refractivity contribution in [1.29, 1.82) is 0 Å². The molecule has 2 aromatic heterocycles. The quantitative estimate of drug-likeness (QED) is 0.190. The predicted octanol–water partition coefficient (Wildman–Crippen LogP) is 11.4. The third kappa shape index (κ3) is 4.63. The molecule has 0 amide bonds. The van der Waals surface area contributed by atoms with Crippen LogP contribution < -0.4 is 0 Å². The second-order valence-electron chi connectivity index (χ2n) is 13.2. The first-order valence-electron chi connectivity index (χ1n) is 17.3. The smallest absolute Gasteiger partial charge is 0.160 e. The van der Waals surface area contributed by atoms with Crippen molar-refractivity contribution in [3.05, 3.63) is 210 Å². The van der Waals surface area contributed by atoms with Gasteiger partial charge in [-0.2, -0.15) is 0 Å². The van der Waals surface area contributed by atoms with E-state index in [0.29, 0.717) is 5.82 Å². The summed E-state index contributed by atoms with van der Waals surface area (Å²) in [6.45, 7) is 0. The molecule has 1 spiro atoms. The number of pyridine rings is 1. The average Bonchev–Trinajstić information content (AvgIpc) is 3.41. The molecule has 238 valence electrons. The van der Waals surface area contributed by atoms with E-state index in [4.69, 9.17) is 9.97 Å². The summed E-state index contributed by atoms with van der Waals surface area (Å²) in [5, 5.41) is 0. The minimum absolute atomic E-state index is 0.455. The molecule has 2 aliphatic carbocycles. The molecule has 10 rings (SSSR count). The maximum Gasteiger partial charge on any atom is 0.160 e. The summed E-state index contributed by atoms with van der Waals surface area (Å²) < 4.78 is 0. The Bertz CT molecular complexity index is 2570. The molecule has 0 fully saturated rings. The van der Waals surface area contributed by atoms with Gasteiger partial charge in [-0.15, -0.1) is 0 Å². The molecule has 2 aliphatic rings. The molecule has 2 heterocycles. The van der Waals surface area contributed by atoms with Crippen LogP contribution in [0.25, 0.3) is 68.3 Å². The van der Waals surface area contributed by atoms with Crippen molar-refractivity contribution in [2.24, 2.45) is 0 Å². The third-order valence-corrected chi connectivity index (χ3v) is 10.4. The average molecular weight is 650 g/mol. The topological polar surface area (TPSA) is 38.7 Å². The lowest BCUT2D eigenvalue weighted by Gasteiger charge is -2.35. The number of hydrogen-bond donors (Lipinski definition) is 0. The summed E-state index contributed by atoms with van der Waals surface area (Å²) >= 11 is 0. The number of rotatable bonds is 4. The maximum absolute atomic E-state index is 5.21. The van der Waals surface area contributed by atoms with Crippen LogP contribution in [0, 0.1) is 0 Å². The summed E-state index contributed by atoms with van der Waals surface area (Å²) in [7, 11) is 0. The minimum Gasteiger partial charge on any atom is -0.264 e. The summed E-state index contributed by atoms with van der Waals surface area (Å²) in [6, 6.07) is 58.6. The van der Waals surface area contributed by atoms with Gasteiger partial charge in [0, 0.05) is 29.1 Å². The van der Waals surface area contributed by atoms with Crippen LogP contribution in [0.2, 0.25) is 0 Å². The molecule has 6 aromatic carbocycles. The number of nitrogens with zero attached hydrogens (tertiary/aromatic N) is 3. The fourth-order valence-electron chi connectivity index (χ4n) is 8.14. The number of benzene rings is 6. The van der Waals surface area contributed by atoms with Gasteiger partial charge in [0.2, 0.25) is 0 Å². The number of fused-ring (bicyclic) bond motifs is 9. The van der Waals surface area contributed by atoms with Crippen LogP contribution in [0.3, 0.4) is 0 Å². The molecule has 0 saturated carbocycles. The highest BCUT2D eigenvalue weighted by molar-refractivity contribution is 5.92. The van der Waals surface area contributed by atoms with E-state index in [1.54, 1.807) is 6.20 Å². The van der Waals surface area contributed by atoms with Crippen molar-refractivity contribution in [1.82, 2.24) is 15.0 Å². The lowest BCUT2D eigenvalue weighted by atomic mass is 9.66. The number of aromatic nitrogens is 3. The lowest BCUT2D eigenvalue weighted by molar-refractivity contribution is 0.766. The summed E-state index contributed by atoms with van der Waals surface area (Å²) in [5.74, 6) is 0.703. The van der Waals surface area contributed by atoms with Crippen LogP contribution >= 0.6 is 0 Å². The van der Waals surface area contributed by atoms with E-state index in [1.165, 1.54) is 44.5 Å². The van der Waals surface area contributed by atoms with Gasteiger partial charge in [0.25, 0.3) is 0 Å². The molecule has 8 aromatic rings. The van der Waals surface area contributed by atoms with Gasteiger partial charge in [-0.25, -0.2) is 9.97 Å². The van der Waals surface area contributed by atoms with E-state index in [0.717, 1.165) is 39.2 Å². The van der Waals surface area contributed by atoms with Gasteiger partial charge < -0.3 is 0 Å². The third-order valence-electron chi connectivity index (χ3n) is 10.4. The highest BCUT2D eigenvalue weighted by atomic mass is 14.9. The van der Waals surface area contributed by atoms with Gasteiger partial charge in [-0.3, -0.25) is 4.98 Å². The standard InChI is InChI=1S/C48H31N3/c1-2-13-36(14-3-1)47-50-45(35-24-20-32(21-25-35)38-15-10-28-49-31-38)30-46(51-47)37-26-27-44-40(29-37)39-16-6-9-19-43(39)48(44)41-17-7-4-11-33(41)22-23-34-12-5-8-18-42(34)48/h1-31H. The van der Waals surface area contributed by atoms with Gasteiger partial charge in [0.1, 0.15) is 0 Å². The van der Waals surface area contributed by atoms with Crippen LogP contribution in [-0.4, -0.2) is 15.0 Å². The van der Waals surface area contributed by atoms with Crippen molar-refractivity contribution in [2.75, 3.05) is 0 Å². The Hall–Kier alpha value is -6.71. The fraction of sp³-hybridized carbons (Fsp3) is 0.0208. The largest absolute Gasteiger partial charge is 0.264 e. The first kappa shape index (κ1) is 29.2. The van der Waals surface area contributed by atoms with Gasteiger partial charge in [0.15, 0.2) is 5.82 Å². The van der Waals surface area contributed by atoms with Crippen LogP contribution in [0.1, 0.15) is 33.4 Å². The lowest BCUT2D eigenvalue weighted by Crippen LogP contribution is -2.29. The zero-order valence-electron chi connectivity index (χ0n) is 27.7. The molecular weight excluding hydrogens is 619 g/mol. The van der Waals surface area contributed by atoms with Crippen LogP contribution in [-0.2, 0) is 5.41 Å². The molecule has 0 N–H and O–H groups in total. The Labute approximate surface area is 297 Å². The zero-order chi connectivity index (χ0) is 33.8. The van der Waals surface area contributed by atoms with Gasteiger partial charge >= 0.3 is 0 Å². The monoisotopic (exact) mass is 649 g/mol. The Kier molecular flexibility index (Phi) is 6.71. The molecule has 0 bridgehead atoms. The maximum atomic E-state index is 5.21. The Morgan fingerprint density at radius 1 is 0.373 bits per heavy atom. The zero-order valence-corrected chi connectivity index (χ0v) is 27.7. The summed E-state index contributed by atoms with van der Waals surface area (Å²) in [4.78, 5) is 14.6. The Balaban J connectivity index is 1.17. The van der Waals surface area contributed by atoms with E-state index in [9.17, 15) is 0 Å². The van der Waals surface area contributed by atoms with Gasteiger partial charge in [-0.1, -0.05) is 158 Å². The van der Waals surface area contributed by atoms with E-state index in [-0.39, 0.29) is 0 Å². The summed E-state index contributed by atoms with van der Waals surface area (Å²) in [6.07, 6.45) is 8.24. The Morgan fingerprint density at radius 3 is 1.65 bits per heavy atom. The SMILES string of the molecule is C1=Cc2ccccc2C2(c3ccccc31)c1ccccc1-c1cc(-c3cc(-c4ccc(-c5cccnc5)cc4)nc(-c4ccccc4)n3)ccc12. The molecule has 3 nitrogen and oxygen atoms in total. The van der Waals surface area contributed by atoms with Crippen LogP contribution in [0.4, 0.5) is 0 Å². The van der Waals surface area contributed by atoms with E-state index in [1.807, 2.05) is 30.5 Å². The first-order chi connectivity index (χ1) is 25.3. The van der Waals surface area contributed by atoms with Crippen molar-refractivity contribution < 1.29 is 0 Å². The number of hydrogen-bond acceptors (Lipinski definition) is 3. The highest BCUT2D eigenvalue weighted by Gasteiger charge is 2.48. The predicted molar refractivity (Wildman–Crippen MR) is 208 cm³/mol. The highest BCUT2D eigenvalue weighted by Crippen LogP contribution is 2.58. The van der Waals surface area contributed by atoms with Crippen LogP contribution in [0.15, 0.2) is 176 Å². The van der Waals surface area contributed by atoms with E-state index < -0.39 is 5.41 Å². The second kappa shape index (κ2) is 11.7. The molecule has 0 radical (unpaired) electrons.